The van der Waals surface area contributed by atoms with E-state index in [0.29, 0.717) is 6.61 Å². The third-order valence-corrected chi connectivity index (χ3v) is 3.56. The molecule has 1 atom stereocenters. The maximum absolute atomic E-state index is 12.2. The lowest BCUT2D eigenvalue weighted by Crippen LogP contribution is -2.33. The Hall–Kier alpha value is -1.03. The van der Waals surface area contributed by atoms with E-state index in [9.17, 15) is 4.79 Å². The van der Waals surface area contributed by atoms with E-state index in [0.717, 1.165) is 29.6 Å². The molecule has 0 aromatic heterocycles. The molecule has 2 rings (SSSR count). The number of halogens is 1. The molecule has 0 saturated carbocycles. The fourth-order valence-electron chi connectivity index (χ4n) is 2.04. The number of nitrogens with zero attached hydrogens (tertiary/aromatic N) is 1. The molecular formula is C13H16BrNO2. The SMILES string of the molecule is CN(CCCBr)C(=O)C1COc2ccccc21. The average molecular weight is 298 g/mol. The third-order valence-electron chi connectivity index (χ3n) is 3.00. The van der Waals surface area contributed by atoms with E-state index in [1.165, 1.54) is 0 Å². The highest BCUT2D eigenvalue weighted by molar-refractivity contribution is 9.09. The Balaban J connectivity index is 2.07. The summed E-state index contributed by atoms with van der Waals surface area (Å²) in [5, 5.41) is 0.919. The van der Waals surface area contributed by atoms with E-state index in [1.54, 1.807) is 4.90 Å². The van der Waals surface area contributed by atoms with Crippen LogP contribution in [0.5, 0.6) is 5.75 Å². The van der Waals surface area contributed by atoms with Gasteiger partial charge in [0.2, 0.25) is 5.91 Å². The molecule has 1 aliphatic rings. The second-order valence-corrected chi connectivity index (χ2v) is 5.00. The van der Waals surface area contributed by atoms with Gasteiger partial charge in [0, 0.05) is 24.5 Å². The fourth-order valence-corrected chi connectivity index (χ4v) is 2.29. The van der Waals surface area contributed by atoms with E-state index < -0.39 is 0 Å². The summed E-state index contributed by atoms with van der Waals surface area (Å²) in [5.74, 6) is 0.863. The highest BCUT2D eigenvalue weighted by atomic mass is 79.9. The number of alkyl halides is 1. The van der Waals surface area contributed by atoms with Gasteiger partial charge in [0.25, 0.3) is 0 Å². The first-order valence-corrected chi connectivity index (χ1v) is 6.89. The standard InChI is InChI=1S/C13H16BrNO2/c1-15(8-4-7-14)13(16)11-9-17-12-6-3-2-5-10(11)12/h2-3,5-6,11H,4,7-9H2,1H3. The number of fused-ring (bicyclic) bond motifs is 1. The Labute approximate surface area is 110 Å². The van der Waals surface area contributed by atoms with Crippen molar-refractivity contribution in [1.29, 1.82) is 0 Å². The molecule has 1 amide bonds. The largest absolute Gasteiger partial charge is 0.492 e. The Morgan fingerprint density at radius 2 is 2.29 bits per heavy atom. The van der Waals surface area contributed by atoms with E-state index in [1.807, 2.05) is 31.3 Å². The molecule has 1 aromatic carbocycles. The maximum atomic E-state index is 12.2. The molecule has 0 N–H and O–H groups in total. The van der Waals surface area contributed by atoms with Gasteiger partial charge in [-0.25, -0.2) is 0 Å². The Morgan fingerprint density at radius 3 is 3.06 bits per heavy atom. The summed E-state index contributed by atoms with van der Waals surface area (Å²) in [4.78, 5) is 14.0. The van der Waals surface area contributed by atoms with Crippen LogP contribution in [0.15, 0.2) is 24.3 Å². The van der Waals surface area contributed by atoms with Crippen LogP contribution in [0.25, 0.3) is 0 Å². The summed E-state index contributed by atoms with van der Waals surface area (Å²) in [6.45, 7) is 1.25. The van der Waals surface area contributed by atoms with Crippen LogP contribution in [-0.4, -0.2) is 36.3 Å². The Kier molecular flexibility index (Phi) is 4.05. The number of benzene rings is 1. The zero-order valence-electron chi connectivity index (χ0n) is 9.86. The lowest BCUT2D eigenvalue weighted by Gasteiger charge is -2.20. The first-order valence-electron chi connectivity index (χ1n) is 5.76. The van der Waals surface area contributed by atoms with Crippen LogP contribution >= 0.6 is 15.9 Å². The van der Waals surface area contributed by atoms with E-state index in [-0.39, 0.29) is 11.8 Å². The molecule has 92 valence electrons. The van der Waals surface area contributed by atoms with Crippen molar-refractivity contribution in [3.63, 3.8) is 0 Å². The van der Waals surface area contributed by atoms with Crippen LogP contribution in [-0.2, 0) is 4.79 Å². The molecule has 4 heteroatoms. The number of para-hydroxylation sites is 1. The van der Waals surface area contributed by atoms with Gasteiger partial charge in [-0.15, -0.1) is 0 Å². The Bertz CT molecular complexity index is 408. The lowest BCUT2D eigenvalue weighted by atomic mass is 10.00. The van der Waals surface area contributed by atoms with Crippen LogP contribution in [0.3, 0.4) is 0 Å². The van der Waals surface area contributed by atoms with Crippen molar-refractivity contribution in [1.82, 2.24) is 4.90 Å². The van der Waals surface area contributed by atoms with Crippen molar-refractivity contribution in [2.75, 3.05) is 25.5 Å². The highest BCUT2D eigenvalue weighted by Gasteiger charge is 2.31. The van der Waals surface area contributed by atoms with Gasteiger partial charge in [0.1, 0.15) is 18.3 Å². The summed E-state index contributed by atoms with van der Waals surface area (Å²) in [6.07, 6.45) is 0.970. The van der Waals surface area contributed by atoms with Crippen molar-refractivity contribution in [2.45, 2.75) is 12.3 Å². The van der Waals surface area contributed by atoms with E-state index >= 15 is 0 Å². The fraction of sp³-hybridized carbons (Fsp3) is 0.462. The van der Waals surface area contributed by atoms with Gasteiger partial charge in [-0.2, -0.15) is 0 Å². The number of carbonyl (C=O) groups excluding carboxylic acids is 1. The van der Waals surface area contributed by atoms with Crippen LogP contribution in [0.4, 0.5) is 0 Å². The van der Waals surface area contributed by atoms with Gasteiger partial charge >= 0.3 is 0 Å². The molecule has 0 bridgehead atoms. The monoisotopic (exact) mass is 297 g/mol. The lowest BCUT2D eigenvalue weighted by molar-refractivity contribution is -0.131. The zero-order valence-corrected chi connectivity index (χ0v) is 11.4. The molecule has 0 spiro atoms. The van der Waals surface area contributed by atoms with Crippen molar-refractivity contribution in [3.05, 3.63) is 29.8 Å². The quantitative estimate of drug-likeness (QED) is 0.799. The molecule has 17 heavy (non-hydrogen) atoms. The number of likely N-dealkylation sites (N-methyl/N-ethyl adjacent to an activating group) is 1. The van der Waals surface area contributed by atoms with Crippen molar-refractivity contribution < 1.29 is 9.53 Å². The molecule has 3 nitrogen and oxygen atoms in total. The van der Waals surface area contributed by atoms with Crippen molar-refractivity contribution >= 4 is 21.8 Å². The third kappa shape index (κ3) is 2.63. The number of amides is 1. The topological polar surface area (TPSA) is 29.5 Å². The van der Waals surface area contributed by atoms with Crippen molar-refractivity contribution in [3.8, 4) is 5.75 Å². The average Bonchev–Trinajstić information content (AvgIpc) is 2.78. The van der Waals surface area contributed by atoms with Crippen LogP contribution in [0.2, 0.25) is 0 Å². The number of hydrogen-bond donors (Lipinski definition) is 0. The summed E-state index contributed by atoms with van der Waals surface area (Å²) in [7, 11) is 1.85. The minimum absolute atomic E-state index is 0.133. The second kappa shape index (κ2) is 5.54. The number of ether oxygens (including phenoxy) is 1. The van der Waals surface area contributed by atoms with Gasteiger partial charge < -0.3 is 9.64 Å². The predicted molar refractivity (Wildman–Crippen MR) is 70.7 cm³/mol. The summed E-state index contributed by atoms with van der Waals surface area (Å²) in [5.41, 5.74) is 1.02. The molecule has 0 saturated heterocycles. The van der Waals surface area contributed by atoms with Crippen LogP contribution in [0, 0.1) is 0 Å². The summed E-state index contributed by atoms with van der Waals surface area (Å²) in [6, 6.07) is 7.77. The molecule has 0 radical (unpaired) electrons. The molecule has 1 aliphatic heterocycles. The maximum Gasteiger partial charge on any atom is 0.233 e. The number of carbonyl (C=O) groups is 1. The number of rotatable bonds is 4. The molecular weight excluding hydrogens is 282 g/mol. The highest BCUT2D eigenvalue weighted by Crippen LogP contribution is 2.34. The van der Waals surface area contributed by atoms with Gasteiger partial charge in [0.05, 0.1) is 0 Å². The zero-order chi connectivity index (χ0) is 12.3. The summed E-state index contributed by atoms with van der Waals surface area (Å²) >= 11 is 3.37. The first-order chi connectivity index (χ1) is 8.24. The van der Waals surface area contributed by atoms with Crippen molar-refractivity contribution in [2.24, 2.45) is 0 Å². The minimum Gasteiger partial charge on any atom is -0.492 e. The smallest absolute Gasteiger partial charge is 0.233 e. The molecule has 0 aliphatic carbocycles. The van der Waals surface area contributed by atoms with Gasteiger partial charge in [-0.05, 0) is 12.5 Å². The second-order valence-electron chi connectivity index (χ2n) is 4.20. The van der Waals surface area contributed by atoms with Gasteiger partial charge in [-0.1, -0.05) is 34.1 Å². The van der Waals surface area contributed by atoms with Gasteiger partial charge in [0.15, 0.2) is 0 Å². The predicted octanol–water partition coefficient (Wildman–Crippen LogP) is 2.41. The van der Waals surface area contributed by atoms with E-state index in [2.05, 4.69) is 15.9 Å². The summed E-state index contributed by atoms with van der Waals surface area (Å²) < 4.78 is 5.53. The molecule has 0 fully saturated rings. The molecule has 1 heterocycles. The van der Waals surface area contributed by atoms with Crippen LogP contribution < -0.4 is 4.74 Å². The van der Waals surface area contributed by atoms with Gasteiger partial charge in [-0.3, -0.25) is 4.79 Å². The first kappa shape index (κ1) is 12.4. The molecule has 1 unspecified atom stereocenters. The normalized spacial score (nSPS) is 17.4. The molecule has 1 aromatic rings. The van der Waals surface area contributed by atoms with E-state index in [4.69, 9.17) is 4.74 Å². The number of hydrogen-bond acceptors (Lipinski definition) is 2. The minimum atomic E-state index is -0.133. The Morgan fingerprint density at radius 1 is 1.53 bits per heavy atom. The van der Waals surface area contributed by atoms with Crippen LogP contribution in [0.1, 0.15) is 17.9 Å².